The predicted octanol–water partition coefficient (Wildman–Crippen LogP) is 6.07. The molecule has 1 aliphatic carbocycles. The van der Waals surface area contributed by atoms with Gasteiger partial charge >= 0.3 is 0 Å². The molecule has 6 rings (SSSR count). The Bertz CT molecular complexity index is 2010. The van der Waals surface area contributed by atoms with Crippen LogP contribution in [0.2, 0.25) is 5.04 Å². The van der Waals surface area contributed by atoms with Crippen LogP contribution in [0.15, 0.2) is 97.1 Å². The summed E-state index contributed by atoms with van der Waals surface area (Å²) in [5.74, 6) is -0.975. The highest BCUT2D eigenvalue weighted by molar-refractivity contribution is 6.99. The highest BCUT2D eigenvalue weighted by Gasteiger charge is 2.51. The Labute approximate surface area is 368 Å². The lowest BCUT2D eigenvalue weighted by Gasteiger charge is -2.44. The van der Waals surface area contributed by atoms with Gasteiger partial charge in [-0.3, -0.25) is 24.0 Å². The standard InChI is InChI=1S/C50H66N4O7Si/c1-7-50(6)48(59)52-42(34-36-29-31-38(32-30-36)60-37-20-17-18-21-37)47(58)54-33-19-27-43(54)46(57)51-41(45(56)53-50)26-15-10-16-28-44(55)35(2)61-62(49(3,4)5,39-22-11-8-12-23-39)40-24-13-9-14-25-40/h8-14,16,22-25,29-32,35,37,41-43H,7,15,17-21,26-28,33-34H2,1-6H3,(H,51,57)(H,52,59)(H,53,56)/t35-,41+,42+,43-,50+/m1/s1. The number of carbonyl (C=O) groups excluding carboxylic acids is 5. The molecule has 11 nitrogen and oxygen atoms in total. The molecule has 0 unspecified atom stereocenters. The summed E-state index contributed by atoms with van der Waals surface area (Å²) in [7, 11) is -2.94. The molecule has 3 fully saturated rings. The fraction of sp³-hybridized carbons (Fsp3) is 0.500. The molecule has 0 spiro atoms. The Balaban J connectivity index is 1.12. The Morgan fingerprint density at radius 3 is 2.06 bits per heavy atom. The lowest BCUT2D eigenvalue weighted by molar-refractivity contribution is -0.144. The van der Waals surface area contributed by atoms with Gasteiger partial charge in [0.05, 0.1) is 6.10 Å². The van der Waals surface area contributed by atoms with E-state index in [-0.39, 0.29) is 48.5 Å². The monoisotopic (exact) mass is 862 g/mol. The van der Waals surface area contributed by atoms with Gasteiger partial charge in [-0.2, -0.15) is 0 Å². The minimum atomic E-state index is -2.94. The zero-order valence-electron chi connectivity index (χ0n) is 37.4. The van der Waals surface area contributed by atoms with Crippen molar-refractivity contribution in [3.05, 3.63) is 103 Å². The number of nitrogens with one attached hydrogen (secondary N) is 3. The molecule has 0 radical (unpaired) electrons. The van der Waals surface area contributed by atoms with E-state index in [0.717, 1.165) is 34.5 Å². The molecular formula is C50H66N4O7Si. The molecule has 0 aromatic heterocycles. The molecule has 0 bridgehead atoms. The number of Topliss-reactive ketones (excluding diaryl/α,β-unsaturated/α-hetero) is 1. The van der Waals surface area contributed by atoms with Crippen LogP contribution in [-0.2, 0) is 34.8 Å². The van der Waals surface area contributed by atoms with Crippen molar-refractivity contribution in [3.8, 4) is 5.75 Å². The summed E-state index contributed by atoms with van der Waals surface area (Å²) in [6.45, 7) is 12.2. The van der Waals surface area contributed by atoms with Crippen LogP contribution in [0.25, 0.3) is 0 Å². The first-order valence-electron chi connectivity index (χ1n) is 22.6. The molecule has 5 atom stereocenters. The summed E-state index contributed by atoms with van der Waals surface area (Å²) in [5, 5.41) is 10.7. The average Bonchev–Trinajstić information content (AvgIpc) is 3.98. The summed E-state index contributed by atoms with van der Waals surface area (Å²) in [6.07, 6.45) is 9.88. The van der Waals surface area contributed by atoms with Gasteiger partial charge in [0.1, 0.15) is 35.5 Å². The second kappa shape index (κ2) is 20.4. The van der Waals surface area contributed by atoms with Crippen molar-refractivity contribution in [2.45, 2.75) is 153 Å². The number of ether oxygens (including phenoxy) is 1. The van der Waals surface area contributed by atoms with Gasteiger partial charge in [0.15, 0.2) is 5.78 Å². The zero-order valence-corrected chi connectivity index (χ0v) is 38.4. The number of carbonyl (C=O) groups is 5. The Morgan fingerprint density at radius 2 is 1.47 bits per heavy atom. The highest BCUT2D eigenvalue weighted by atomic mass is 28.4. The molecule has 2 aliphatic heterocycles. The van der Waals surface area contributed by atoms with Crippen molar-refractivity contribution in [1.29, 1.82) is 0 Å². The SMILES string of the molecule is CC[C@]1(C)NC(=O)[C@H](CCC=CCC(=O)[C@@H](C)O[Si](c2ccccc2)(c2ccccc2)C(C)(C)C)NC(=O)[C@H]2CCCN2C(=O)[C@H](Cc2ccc(OC3CCCC3)cc2)NC1=O. The third kappa shape index (κ3) is 10.7. The number of benzene rings is 3. The van der Waals surface area contributed by atoms with E-state index < -0.39 is 55.8 Å². The first-order valence-corrected chi connectivity index (χ1v) is 24.5. The molecule has 2 heterocycles. The van der Waals surface area contributed by atoms with E-state index in [1.807, 2.05) is 73.7 Å². The maximum atomic E-state index is 14.3. The fourth-order valence-electron chi connectivity index (χ4n) is 9.13. The van der Waals surface area contributed by atoms with Crippen LogP contribution in [0.4, 0.5) is 0 Å². The number of hydrogen-bond acceptors (Lipinski definition) is 7. The first-order chi connectivity index (χ1) is 29.6. The molecule has 332 valence electrons. The Morgan fingerprint density at radius 1 is 0.839 bits per heavy atom. The number of amides is 4. The summed E-state index contributed by atoms with van der Waals surface area (Å²) in [4.78, 5) is 71.5. The van der Waals surface area contributed by atoms with E-state index in [9.17, 15) is 24.0 Å². The van der Waals surface area contributed by atoms with Crippen LogP contribution in [0, 0.1) is 0 Å². The van der Waals surface area contributed by atoms with E-state index in [0.29, 0.717) is 25.8 Å². The molecule has 4 amide bonds. The van der Waals surface area contributed by atoms with Crippen molar-refractivity contribution in [2.75, 3.05) is 6.54 Å². The first kappa shape index (κ1) is 46.4. The predicted molar refractivity (Wildman–Crippen MR) is 245 cm³/mol. The highest BCUT2D eigenvalue weighted by Crippen LogP contribution is 2.38. The second-order valence-electron chi connectivity index (χ2n) is 18.5. The van der Waals surface area contributed by atoms with Gasteiger partial charge in [0.25, 0.3) is 8.32 Å². The van der Waals surface area contributed by atoms with E-state index in [2.05, 4.69) is 61.0 Å². The number of fused-ring (bicyclic) bond motifs is 1. The van der Waals surface area contributed by atoms with Crippen molar-refractivity contribution < 1.29 is 33.1 Å². The topological polar surface area (TPSA) is 143 Å². The smallest absolute Gasteiger partial charge is 0.262 e. The lowest BCUT2D eigenvalue weighted by Crippen LogP contribution is -2.68. The second-order valence-corrected chi connectivity index (χ2v) is 22.7. The Kier molecular flexibility index (Phi) is 15.3. The van der Waals surface area contributed by atoms with Gasteiger partial charge in [0, 0.05) is 19.4 Å². The number of hydrogen-bond donors (Lipinski definition) is 3. The molecular weight excluding hydrogens is 797 g/mol. The van der Waals surface area contributed by atoms with Crippen molar-refractivity contribution in [1.82, 2.24) is 20.9 Å². The summed E-state index contributed by atoms with van der Waals surface area (Å²) in [6, 6.07) is 25.4. The molecule has 3 aromatic carbocycles. The van der Waals surface area contributed by atoms with Crippen LogP contribution in [-0.4, -0.2) is 85.0 Å². The lowest BCUT2D eigenvalue weighted by atomic mass is 9.94. The van der Waals surface area contributed by atoms with Crippen molar-refractivity contribution in [3.63, 3.8) is 0 Å². The van der Waals surface area contributed by atoms with Crippen LogP contribution >= 0.6 is 0 Å². The molecule has 2 saturated heterocycles. The normalized spacial score (nSPS) is 23.5. The summed E-state index contributed by atoms with van der Waals surface area (Å²) < 4.78 is 13.1. The molecule has 3 aliphatic rings. The van der Waals surface area contributed by atoms with Crippen molar-refractivity contribution >= 4 is 48.1 Å². The Hall–Kier alpha value is -5.07. The molecule has 62 heavy (non-hydrogen) atoms. The maximum absolute atomic E-state index is 14.3. The molecule has 1 saturated carbocycles. The van der Waals surface area contributed by atoms with Gasteiger partial charge in [-0.05, 0) is 105 Å². The number of nitrogens with zero attached hydrogens (tertiary/aromatic N) is 1. The fourth-order valence-corrected chi connectivity index (χ4v) is 13.8. The zero-order chi connectivity index (χ0) is 44.5. The van der Waals surface area contributed by atoms with Gasteiger partial charge in [-0.25, -0.2) is 0 Å². The van der Waals surface area contributed by atoms with Crippen LogP contribution in [0.3, 0.4) is 0 Å². The van der Waals surface area contributed by atoms with Gasteiger partial charge in [0.2, 0.25) is 23.6 Å². The molecule has 3 aromatic rings. The third-order valence-electron chi connectivity index (χ3n) is 13.0. The van der Waals surface area contributed by atoms with Gasteiger partial charge < -0.3 is 30.0 Å². The number of rotatable bonds is 15. The minimum Gasteiger partial charge on any atom is -0.490 e. The maximum Gasteiger partial charge on any atom is 0.262 e. The van der Waals surface area contributed by atoms with E-state index in [1.165, 1.54) is 12.8 Å². The van der Waals surface area contributed by atoms with Crippen LogP contribution in [0.5, 0.6) is 5.75 Å². The van der Waals surface area contributed by atoms with E-state index in [1.54, 1.807) is 24.8 Å². The average molecular weight is 863 g/mol. The third-order valence-corrected chi connectivity index (χ3v) is 18.1. The minimum absolute atomic E-state index is 0.0642. The molecule has 12 heteroatoms. The van der Waals surface area contributed by atoms with Gasteiger partial charge in [-0.15, -0.1) is 0 Å². The van der Waals surface area contributed by atoms with E-state index >= 15 is 0 Å². The van der Waals surface area contributed by atoms with Crippen LogP contribution < -0.4 is 31.1 Å². The van der Waals surface area contributed by atoms with Gasteiger partial charge in [-0.1, -0.05) is 113 Å². The van der Waals surface area contributed by atoms with E-state index in [4.69, 9.17) is 9.16 Å². The van der Waals surface area contributed by atoms with Crippen LogP contribution in [0.1, 0.15) is 111 Å². The quantitative estimate of drug-likeness (QED) is 0.124. The molecule has 3 N–H and O–H groups in total. The number of allylic oxidation sites excluding steroid dienone is 2. The summed E-state index contributed by atoms with van der Waals surface area (Å²) >= 11 is 0. The number of ketones is 1. The largest absolute Gasteiger partial charge is 0.490 e. The van der Waals surface area contributed by atoms with Crippen molar-refractivity contribution in [2.24, 2.45) is 0 Å². The summed E-state index contributed by atoms with van der Waals surface area (Å²) in [5.41, 5.74) is -0.516.